The van der Waals surface area contributed by atoms with Crippen LogP contribution in [-0.4, -0.2) is 22.2 Å². The Morgan fingerprint density at radius 2 is 2.35 bits per heavy atom. The van der Waals surface area contributed by atoms with Crippen LogP contribution in [0.25, 0.3) is 0 Å². The maximum absolute atomic E-state index is 10.3. The summed E-state index contributed by atoms with van der Waals surface area (Å²) in [4.78, 5) is 0. The van der Waals surface area contributed by atoms with Crippen LogP contribution in [0.1, 0.15) is 36.5 Å². The van der Waals surface area contributed by atoms with Crippen molar-refractivity contribution in [3.8, 4) is 5.75 Å². The first-order chi connectivity index (χ1) is 8.19. The molecule has 1 saturated heterocycles. The van der Waals surface area contributed by atoms with Gasteiger partial charge >= 0.3 is 0 Å². The lowest BCUT2D eigenvalue weighted by Crippen LogP contribution is -2.45. The lowest BCUT2D eigenvalue weighted by molar-refractivity contribution is -0.00557. The highest BCUT2D eigenvalue weighted by atomic mass is 32.2. The van der Waals surface area contributed by atoms with Gasteiger partial charge in [-0.05, 0) is 37.7 Å². The van der Waals surface area contributed by atoms with Crippen molar-refractivity contribution in [2.24, 2.45) is 0 Å². The third-order valence-electron chi connectivity index (χ3n) is 3.70. The molecule has 2 atom stereocenters. The van der Waals surface area contributed by atoms with E-state index in [9.17, 15) is 5.11 Å². The van der Waals surface area contributed by atoms with Gasteiger partial charge in [-0.3, -0.25) is 0 Å². The number of aryl methyl sites for hydroxylation is 1. The number of ether oxygens (including phenoxy) is 1. The Balaban J connectivity index is 1.94. The SMILES string of the molecule is Cc1ccc2c(c1)[C@H](O)CC1(CCCSC1)O2. The van der Waals surface area contributed by atoms with Crippen molar-refractivity contribution < 1.29 is 9.84 Å². The molecule has 2 aliphatic rings. The van der Waals surface area contributed by atoms with Crippen LogP contribution in [0.5, 0.6) is 5.75 Å². The second-order valence-corrected chi connectivity index (χ2v) is 6.31. The molecule has 92 valence electrons. The van der Waals surface area contributed by atoms with E-state index in [2.05, 4.69) is 6.07 Å². The van der Waals surface area contributed by atoms with Crippen LogP contribution >= 0.6 is 11.8 Å². The predicted molar refractivity (Wildman–Crippen MR) is 70.7 cm³/mol. The van der Waals surface area contributed by atoms with Gasteiger partial charge in [-0.1, -0.05) is 11.6 Å². The zero-order valence-corrected chi connectivity index (χ0v) is 10.9. The molecule has 3 heteroatoms. The topological polar surface area (TPSA) is 29.5 Å². The minimum atomic E-state index is -0.364. The number of aliphatic hydroxyl groups excluding tert-OH is 1. The van der Waals surface area contributed by atoms with Crippen molar-refractivity contribution in [1.29, 1.82) is 0 Å². The quantitative estimate of drug-likeness (QED) is 0.767. The van der Waals surface area contributed by atoms with Gasteiger partial charge in [0.05, 0.1) is 6.10 Å². The van der Waals surface area contributed by atoms with Gasteiger partial charge in [0.2, 0.25) is 0 Å². The molecule has 1 aromatic rings. The first-order valence-electron chi connectivity index (χ1n) is 6.24. The van der Waals surface area contributed by atoms with E-state index in [0.29, 0.717) is 0 Å². The molecule has 1 N–H and O–H groups in total. The van der Waals surface area contributed by atoms with Crippen LogP contribution < -0.4 is 4.74 Å². The number of thioether (sulfide) groups is 1. The van der Waals surface area contributed by atoms with Crippen molar-refractivity contribution in [1.82, 2.24) is 0 Å². The highest BCUT2D eigenvalue weighted by Gasteiger charge is 2.41. The van der Waals surface area contributed by atoms with Crippen molar-refractivity contribution in [3.05, 3.63) is 29.3 Å². The van der Waals surface area contributed by atoms with E-state index in [1.165, 1.54) is 17.7 Å². The summed E-state index contributed by atoms with van der Waals surface area (Å²) in [6.07, 6.45) is 2.65. The maximum Gasteiger partial charge on any atom is 0.126 e. The molecular formula is C14H18O2S. The minimum absolute atomic E-state index is 0.120. The van der Waals surface area contributed by atoms with E-state index in [4.69, 9.17) is 4.74 Å². The summed E-state index contributed by atoms with van der Waals surface area (Å²) < 4.78 is 6.20. The zero-order chi connectivity index (χ0) is 11.9. The van der Waals surface area contributed by atoms with Gasteiger partial charge in [0.15, 0.2) is 0 Å². The smallest absolute Gasteiger partial charge is 0.126 e. The second kappa shape index (κ2) is 4.21. The van der Waals surface area contributed by atoms with Crippen LogP contribution in [0.2, 0.25) is 0 Å². The van der Waals surface area contributed by atoms with Gasteiger partial charge in [-0.2, -0.15) is 11.8 Å². The second-order valence-electron chi connectivity index (χ2n) is 5.20. The lowest BCUT2D eigenvalue weighted by Gasteiger charge is -2.43. The van der Waals surface area contributed by atoms with E-state index >= 15 is 0 Å². The Bertz CT molecular complexity index is 424. The summed E-state index contributed by atoms with van der Waals surface area (Å²) in [7, 11) is 0. The number of hydrogen-bond donors (Lipinski definition) is 1. The number of aliphatic hydroxyl groups is 1. The number of benzene rings is 1. The van der Waals surface area contributed by atoms with E-state index in [1.807, 2.05) is 30.8 Å². The summed E-state index contributed by atoms with van der Waals surface area (Å²) in [5, 5.41) is 10.3. The first-order valence-corrected chi connectivity index (χ1v) is 7.39. The van der Waals surface area contributed by atoms with Gasteiger partial charge in [-0.25, -0.2) is 0 Å². The minimum Gasteiger partial charge on any atom is -0.486 e. The average molecular weight is 250 g/mol. The van der Waals surface area contributed by atoms with Gasteiger partial charge in [0.25, 0.3) is 0 Å². The molecule has 0 aromatic heterocycles. The molecule has 1 fully saturated rings. The molecule has 0 radical (unpaired) electrons. The molecule has 0 aliphatic carbocycles. The van der Waals surface area contributed by atoms with Crippen LogP contribution in [0, 0.1) is 6.92 Å². The number of fused-ring (bicyclic) bond motifs is 1. The highest BCUT2D eigenvalue weighted by molar-refractivity contribution is 7.99. The van der Waals surface area contributed by atoms with E-state index in [1.54, 1.807) is 0 Å². The molecular weight excluding hydrogens is 232 g/mol. The fourth-order valence-electron chi connectivity index (χ4n) is 2.83. The van der Waals surface area contributed by atoms with E-state index < -0.39 is 0 Å². The highest BCUT2D eigenvalue weighted by Crippen LogP contribution is 2.45. The molecule has 0 saturated carbocycles. The summed E-state index contributed by atoms with van der Waals surface area (Å²) in [6, 6.07) is 6.11. The zero-order valence-electron chi connectivity index (χ0n) is 10.1. The first kappa shape index (κ1) is 11.4. The van der Waals surface area contributed by atoms with Crippen LogP contribution in [0.4, 0.5) is 0 Å². The van der Waals surface area contributed by atoms with E-state index in [-0.39, 0.29) is 11.7 Å². The molecule has 2 aliphatic heterocycles. The predicted octanol–water partition coefficient (Wildman–Crippen LogP) is 3.08. The van der Waals surface area contributed by atoms with Crippen molar-refractivity contribution in [2.45, 2.75) is 37.9 Å². The molecule has 0 bridgehead atoms. The molecule has 3 rings (SSSR count). The fraction of sp³-hybridized carbons (Fsp3) is 0.571. The number of hydrogen-bond acceptors (Lipinski definition) is 3. The molecule has 17 heavy (non-hydrogen) atoms. The van der Waals surface area contributed by atoms with Crippen LogP contribution in [-0.2, 0) is 0 Å². The Morgan fingerprint density at radius 1 is 1.47 bits per heavy atom. The third-order valence-corrected chi connectivity index (χ3v) is 5.01. The maximum atomic E-state index is 10.3. The molecule has 2 nitrogen and oxygen atoms in total. The Hall–Kier alpha value is -0.670. The van der Waals surface area contributed by atoms with Crippen molar-refractivity contribution in [3.63, 3.8) is 0 Å². The number of rotatable bonds is 0. The summed E-state index contributed by atoms with van der Waals surface area (Å²) in [6.45, 7) is 2.05. The normalized spacial score (nSPS) is 32.0. The largest absolute Gasteiger partial charge is 0.486 e. The molecule has 0 amide bonds. The van der Waals surface area contributed by atoms with Gasteiger partial charge in [-0.15, -0.1) is 0 Å². The summed E-state index contributed by atoms with van der Waals surface area (Å²) in [5.41, 5.74) is 2.02. The van der Waals surface area contributed by atoms with Gasteiger partial charge in [0.1, 0.15) is 11.4 Å². The monoisotopic (exact) mass is 250 g/mol. The fourth-order valence-corrected chi connectivity index (χ4v) is 4.01. The third kappa shape index (κ3) is 2.06. The molecule has 1 aromatic carbocycles. The summed E-state index contributed by atoms with van der Waals surface area (Å²) >= 11 is 1.94. The Morgan fingerprint density at radius 3 is 3.12 bits per heavy atom. The molecule has 1 spiro atoms. The molecule has 2 heterocycles. The van der Waals surface area contributed by atoms with Gasteiger partial charge < -0.3 is 9.84 Å². The lowest BCUT2D eigenvalue weighted by atomic mass is 9.86. The Labute approximate surface area is 106 Å². The Kier molecular flexibility index (Phi) is 2.83. The van der Waals surface area contributed by atoms with Crippen LogP contribution in [0.3, 0.4) is 0 Å². The summed E-state index contributed by atoms with van der Waals surface area (Å²) in [5.74, 6) is 3.12. The van der Waals surface area contributed by atoms with Crippen molar-refractivity contribution in [2.75, 3.05) is 11.5 Å². The average Bonchev–Trinajstić information content (AvgIpc) is 2.31. The standard InChI is InChI=1S/C14H18O2S/c1-10-3-4-13-11(7-10)12(15)8-14(16-13)5-2-6-17-9-14/h3-4,7,12,15H,2,5-6,8-9H2,1H3/t12-,14?/m1/s1. The van der Waals surface area contributed by atoms with E-state index in [0.717, 1.165) is 29.9 Å². The van der Waals surface area contributed by atoms with Crippen LogP contribution in [0.15, 0.2) is 18.2 Å². The molecule has 1 unspecified atom stereocenters. The van der Waals surface area contributed by atoms with Crippen molar-refractivity contribution >= 4 is 11.8 Å². The van der Waals surface area contributed by atoms with Gasteiger partial charge in [0, 0.05) is 17.7 Å².